The summed E-state index contributed by atoms with van der Waals surface area (Å²) < 4.78 is 10.4. The Kier molecular flexibility index (Phi) is 8.19. The summed E-state index contributed by atoms with van der Waals surface area (Å²) in [6.07, 6.45) is 2.20. The summed E-state index contributed by atoms with van der Waals surface area (Å²) in [4.78, 5) is 23.9. The van der Waals surface area contributed by atoms with E-state index in [1.54, 1.807) is 0 Å². The van der Waals surface area contributed by atoms with Crippen molar-refractivity contribution in [3.8, 4) is 0 Å². The van der Waals surface area contributed by atoms with E-state index < -0.39 is 11.6 Å². The molecule has 0 heterocycles. The van der Waals surface area contributed by atoms with Gasteiger partial charge in [0.2, 0.25) is 0 Å². The van der Waals surface area contributed by atoms with Crippen LogP contribution < -0.4 is 5.32 Å². The van der Waals surface area contributed by atoms with Crippen molar-refractivity contribution in [1.29, 1.82) is 0 Å². The fourth-order valence-corrected chi connectivity index (χ4v) is 2.03. The van der Waals surface area contributed by atoms with Gasteiger partial charge in [-0.25, -0.2) is 0 Å². The minimum Gasteiger partial charge on any atom is -0.461 e. The van der Waals surface area contributed by atoms with Crippen molar-refractivity contribution in [2.45, 2.75) is 45.3 Å². The fraction of sp³-hybridized carbons (Fsp3) is 0.474. The van der Waals surface area contributed by atoms with Gasteiger partial charge in [-0.15, -0.1) is 0 Å². The molecule has 5 heteroatoms. The Labute approximate surface area is 144 Å². The van der Waals surface area contributed by atoms with Crippen molar-refractivity contribution in [3.63, 3.8) is 0 Å². The summed E-state index contributed by atoms with van der Waals surface area (Å²) in [7, 11) is 0. The van der Waals surface area contributed by atoms with Crippen LogP contribution in [0.25, 0.3) is 0 Å². The van der Waals surface area contributed by atoms with Crippen LogP contribution in [0.15, 0.2) is 43.0 Å². The lowest BCUT2D eigenvalue weighted by Gasteiger charge is -2.24. The SMILES string of the molecule is C=CCOC(=O)CCN[C@@H](Cc1ccccc1)C(=O)OC(C)(C)C. The molecule has 0 fully saturated rings. The minimum absolute atomic E-state index is 0.182. The van der Waals surface area contributed by atoms with E-state index in [0.29, 0.717) is 13.0 Å². The van der Waals surface area contributed by atoms with E-state index in [-0.39, 0.29) is 25.0 Å². The molecule has 0 spiro atoms. The zero-order chi connectivity index (χ0) is 18.0. The third-order valence-corrected chi connectivity index (χ3v) is 3.06. The first kappa shape index (κ1) is 19.9. The standard InChI is InChI=1S/C19H27NO4/c1-5-13-23-17(21)11-12-20-16(18(22)24-19(2,3)4)14-15-9-7-6-8-10-15/h5-10,16,20H,1,11-14H2,2-4H3/t16-/m0/s1. The maximum absolute atomic E-state index is 12.4. The lowest BCUT2D eigenvalue weighted by molar-refractivity contribution is -0.157. The summed E-state index contributed by atoms with van der Waals surface area (Å²) in [5.41, 5.74) is 0.464. The van der Waals surface area contributed by atoms with Crippen LogP contribution in [0.3, 0.4) is 0 Å². The monoisotopic (exact) mass is 333 g/mol. The number of hydrogen-bond donors (Lipinski definition) is 1. The average Bonchev–Trinajstić information content (AvgIpc) is 2.51. The second-order valence-electron chi connectivity index (χ2n) is 6.45. The number of nitrogens with one attached hydrogen (secondary N) is 1. The van der Waals surface area contributed by atoms with Crippen LogP contribution >= 0.6 is 0 Å². The van der Waals surface area contributed by atoms with Crippen molar-refractivity contribution in [1.82, 2.24) is 5.32 Å². The van der Waals surface area contributed by atoms with Gasteiger partial charge in [-0.2, -0.15) is 0 Å². The molecule has 0 saturated carbocycles. The number of ether oxygens (including phenoxy) is 2. The molecule has 1 aromatic carbocycles. The maximum atomic E-state index is 12.4. The Bertz CT molecular complexity index is 534. The lowest BCUT2D eigenvalue weighted by atomic mass is 10.1. The van der Waals surface area contributed by atoms with Gasteiger partial charge in [-0.1, -0.05) is 43.0 Å². The van der Waals surface area contributed by atoms with Gasteiger partial charge < -0.3 is 14.8 Å². The first-order valence-corrected chi connectivity index (χ1v) is 8.08. The third kappa shape index (κ3) is 8.48. The van der Waals surface area contributed by atoms with Crippen molar-refractivity contribution in [2.75, 3.05) is 13.2 Å². The number of hydrogen-bond acceptors (Lipinski definition) is 5. The number of benzene rings is 1. The number of rotatable bonds is 9. The molecule has 1 atom stereocenters. The second kappa shape index (κ2) is 9.88. The predicted octanol–water partition coefficient (Wildman–Crippen LogP) is 2.65. The van der Waals surface area contributed by atoms with Gasteiger partial charge in [-0.3, -0.25) is 9.59 Å². The molecule has 0 aromatic heterocycles. The molecule has 0 saturated heterocycles. The quantitative estimate of drug-likeness (QED) is 0.556. The Hall–Kier alpha value is -2.14. The fourth-order valence-electron chi connectivity index (χ4n) is 2.03. The molecule has 0 unspecified atom stereocenters. The van der Waals surface area contributed by atoms with Crippen molar-refractivity contribution in [2.24, 2.45) is 0 Å². The first-order chi connectivity index (χ1) is 11.3. The van der Waals surface area contributed by atoms with Crippen molar-refractivity contribution >= 4 is 11.9 Å². The number of carbonyl (C=O) groups excluding carboxylic acids is 2. The summed E-state index contributed by atoms with van der Waals surface area (Å²) >= 11 is 0. The molecule has 24 heavy (non-hydrogen) atoms. The Balaban J connectivity index is 2.62. The molecule has 0 aliphatic heterocycles. The van der Waals surface area contributed by atoms with E-state index in [1.807, 2.05) is 51.1 Å². The Morgan fingerprint density at radius 2 is 1.92 bits per heavy atom. The van der Waals surface area contributed by atoms with Crippen molar-refractivity contribution < 1.29 is 19.1 Å². The maximum Gasteiger partial charge on any atom is 0.323 e. The van der Waals surface area contributed by atoms with E-state index in [0.717, 1.165) is 5.56 Å². The predicted molar refractivity (Wildman–Crippen MR) is 93.6 cm³/mol. The molecular formula is C19H27NO4. The van der Waals surface area contributed by atoms with Gasteiger partial charge >= 0.3 is 11.9 Å². The van der Waals surface area contributed by atoms with Crippen LogP contribution in [0, 0.1) is 0 Å². The molecule has 1 aromatic rings. The van der Waals surface area contributed by atoms with Gasteiger partial charge in [-0.05, 0) is 32.8 Å². The van der Waals surface area contributed by atoms with Gasteiger partial charge in [0.05, 0.1) is 6.42 Å². The highest BCUT2D eigenvalue weighted by atomic mass is 16.6. The van der Waals surface area contributed by atoms with Crippen LogP contribution in [0.1, 0.15) is 32.8 Å². The molecule has 0 aliphatic rings. The molecule has 0 bridgehead atoms. The van der Waals surface area contributed by atoms with Crippen LogP contribution in [-0.2, 0) is 25.5 Å². The molecule has 0 radical (unpaired) electrons. The zero-order valence-electron chi connectivity index (χ0n) is 14.7. The smallest absolute Gasteiger partial charge is 0.323 e. The van der Waals surface area contributed by atoms with Crippen LogP contribution in [0.5, 0.6) is 0 Å². The second-order valence-corrected chi connectivity index (χ2v) is 6.45. The number of esters is 2. The third-order valence-electron chi connectivity index (χ3n) is 3.06. The molecule has 0 aliphatic carbocycles. The van der Waals surface area contributed by atoms with Crippen LogP contribution in [0.2, 0.25) is 0 Å². The summed E-state index contributed by atoms with van der Waals surface area (Å²) in [5, 5.41) is 3.10. The minimum atomic E-state index is -0.559. The van der Waals surface area contributed by atoms with Crippen LogP contribution in [-0.4, -0.2) is 36.7 Å². The van der Waals surface area contributed by atoms with E-state index in [2.05, 4.69) is 11.9 Å². The molecule has 1 N–H and O–H groups in total. The summed E-state index contributed by atoms with van der Waals surface area (Å²) in [6.45, 7) is 9.52. The highest BCUT2D eigenvalue weighted by Gasteiger charge is 2.25. The van der Waals surface area contributed by atoms with Gasteiger partial charge in [0.1, 0.15) is 18.2 Å². The zero-order valence-corrected chi connectivity index (χ0v) is 14.7. The van der Waals surface area contributed by atoms with E-state index in [4.69, 9.17) is 9.47 Å². The Morgan fingerprint density at radius 1 is 1.25 bits per heavy atom. The van der Waals surface area contributed by atoms with Gasteiger partial charge in [0.25, 0.3) is 0 Å². The first-order valence-electron chi connectivity index (χ1n) is 8.08. The van der Waals surface area contributed by atoms with E-state index in [9.17, 15) is 9.59 Å². The number of carbonyl (C=O) groups is 2. The van der Waals surface area contributed by atoms with Gasteiger partial charge in [0, 0.05) is 6.54 Å². The largest absolute Gasteiger partial charge is 0.461 e. The molecule has 1 rings (SSSR count). The Morgan fingerprint density at radius 3 is 2.50 bits per heavy atom. The molecule has 0 amide bonds. The van der Waals surface area contributed by atoms with Crippen LogP contribution in [0.4, 0.5) is 0 Å². The average molecular weight is 333 g/mol. The van der Waals surface area contributed by atoms with E-state index >= 15 is 0 Å². The normalized spacial score (nSPS) is 12.3. The van der Waals surface area contributed by atoms with E-state index in [1.165, 1.54) is 6.08 Å². The topological polar surface area (TPSA) is 64.6 Å². The molecular weight excluding hydrogens is 306 g/mol. The summed E-state index contributed by atoms with van der Waals surface area (Å²) in [6, 6.07) is 9.17. The van der Waals surface area contributed by atoms with Crippen molar-refractivity contribution in [3.05, 3.63) is 48.6 Å². The molecule has 5 nitrogen and oxygen atoms in total. The lowest BCUT2D eigenvalue weighted by Crippen LogP contribution is -2.43. The van der Waals surface area contributed by atoms with Gasteiger partial charge in [0.15, 0.2) is 0 Å². The highest BCUT2D eigenvalue weighted by Crippen LogP contribution is 2.11. The highest BCUT2D eigenvalue weighted by molar-refractivity contribution is 5.77. The molecule has 132 valence electrons. The summed E-state index contributed by atoms with van der Waals surface area (Å²) in [5.74, 6) is -0.657.